The molecular weight excluding hydrogens is 612 g/mol. The summed E-state index contributed by atoms with van der Waals surface area (Å²) in [5.41, 5.74) is 0.871. The minimum absolute atomic E-state index is 0.00171. The van der Waals surface area contributed by atoms with E-state index in [1.165, 1.54) is 17.5 Å². The van der Waals surface area contributed by atoms with E-state index in [4.69, 9.17) is 23.7 Å². The second-order valence-electron chi connectivity index (χ2n) is 12.3. The SMILES string of the molecule is COc1ccc2c(c1)OCCC/C=C/CC[C@@H](C)CN(C[C@@H](O)[C@H](Cc1ccccc1)NC(=O)O[C@H]1CO[C@H]3OCC[C@H]31)S2(=O)=O. The average molecular weight is 659 g/mol. The van der Waals surface area contributed by atoms with Crippen LogP contribution in [0.15, 0.2) is 65.6 Å². The van der Waals surface area contributed by atoms with Crippen molar-refractivity contribution in [2.75, 3.05) is 40.0 Å². The van der Waals surface area contributed by atoms with E-state index in [2.05, 4.69) is 17.5 Å². The lowest BCUT2D eigenvalue weighted by molar-refractivity contribution is -0.0907. The van der Waals surface area contributed by atoms with Gasteiger partial charge in [0.25, 0.3) is 0 Å². The van der Waals surface area contributed by atoms with Crippen molar-refractivity contribution in [1.29, 1.82) is 0 Å². The number of nitrogens with zero attached hydrogens (tertiary/aromatic N) is 1. The molecule has 252 valence electrons. The number of alkyl carbamates (subject to hydrolysis) is 1. The third-order valence-corrected chi connectivity index (χ3v) is 10.6. The number of aliphatic hydroxyl groups is 1. The number of amides is 1. The summed E-state index contributed by atoms with van der Waals surface area (Å²) in [5, 5.41) is 14.6. The predicted molar refractivity (Wildman–Crippen MR) is 171 cm³/mol. The van der Waals surface area contributed by atoms with Crippen molar-refractivity contribution in [2.45, 2.75) is 74.9 Å². The molecule has 2 aromatic carbocycles. The van der Waals surface area contributed by atoms with E-state index in [1.807, 2.05) is 37.3 Å². The van der Waals surface area contributed by atoms with Gasteiger partial charge in [-0.15, -0.1) is 0 Å². The van der Waals surface area contributed by atoms with Crippen molar-refractivity contribution in [3.63, 3.8) is 0 Å². The first-order valence-electron chi connectivity index (χ1n) is 16.1. The fourth-order valence-corrected chi connectivity index (χ4v) is 7.84. The van der Waals surface area contributed by atoms with Crippen LogP contribution in [-0.4, -0.2) is 88.5 Å². The Morgan fingerprint density at radius 3 is 2.70 bits per heavy atom. The second-order valence-corrected chi connectivity index (χ2v) is 14.2. The molecule has 0 aromatic heterocycles. The zero-order chi connectivity index (χ0) is 32.5. The van der Waals surface area contributed by atoms with Crippen LogP contribution in [0.5, 0.6) is 11.5 Å². The molecule has 0 unspecified atom stereocenters. The van der Waals surface area contributed by atoms with Gasteiger partial charge in [0.05, 0.1) is 45.0 Å². The highest BCUT2D eigenvalue weighted by atomic mass is 32.2. The molecule has 2 saturated heterocycles. The smallest absolute Gasteiger partial charge is 0.407 e. The Kier molecular flexibility index (Phi) is 12.0. The largest absolute Gasteiger partial charge is 0.497 e. The zero-order valence-electron chi connectivity index (χ0n) is 26.6. The molecule has 3 aliphatic rings. The number of aliphatic hydroxyl groups excluding tert-OH is 1. The lowest BCUT2D eigenvalue weighted by atomic mass is 10.0. The summed E-state index contributed by atoms with van der Waals surface area (Å²) in [6.07, 6.45) is 5.59. The highest BCUT2D eigenvalue weighted by molar-refractivity contribution is 7.89. The Balaban J connectivity index is 1.40. The first-order valence-corrected chi connectivity index (χ1v) is 17.6. The molecular formula is C34H46N2O9S. The lowest BCUT2D eigenvalue weighted by Gasteiger charge is -2.32. The summed E-state index contributed by atoms with van der Waals surface area (Å²) in [6.45, 7) is 3.04. The quantitative estimate of drug-likeness (QED) is 0.399. The van der Waals surface area contributed by atoms with Crippen LogP contribution < -0.4 is 14.8 Å². The Hall–Kier alpha value is -3.16. The van der Waals surface area contributed by atoms with E-state index in [1.54, 1.807) is 12.1 Å². The Morgan fingerprint density at radius 1 is 1.09 bits per heavy atom. The van der Waals surface area contributed by atoms with Gasteiger partial charge < -0.3 is 34.1 Å². The van der Waals surface area contributed by atoms with E-state index < -0.39 is 34.4 Å². The van der Waals surface area contributed by atoms with E-state index >= 15 is 0 Å². The predicted octanol–water partition coefficient (Wildman–Crippen LogP) is 4.29. The van der Waals surface area contributed by atoms with Gasteiger partial charge in [0.2, 0.25) is 10.0 Å². The zero-order valence-corrected chi connectivity index (χ0v) is 27.4. The van der Waals surface area contributed by atoms with E-state index in [-0.39, 0.29) is 54.9 Å². The summed E-state index contributed by atoms with van der Waals surface area (Å²) >= 11 is 0. The maximum atomic E-state index is 14.4. The van der Waals surface area contributed by atoms with E-state index in [9.17, 15) is 18.3 Å². The summed E-state index contributed by atoms with van der Waals surface area (Å²) in [5.74, 6) is 0.625. The molecule has 2 fully saturated rings. The number of β-amino-alcohol motifs (C(OH)–C–C–N with tert-alkyl or cyclic N) is 1. The number of allylic oxidation sites excluding steroid dienone is 2. The van der Waals surface area contributed by atoms with Crippen LogP contribution in [-0.2, 0) is 30.7 Å². The van der Waals surface area contributed by atoms with Gasteiger partial charge in [-0.1, -0.05) is 49.4 Å². The fourth-order valence-electron chi connectivity index (χ4n) is 6.15. The number of hydrogen-bond acceptors (Lipinski definition) is 9. The van der Waals surface area contributed by atoms with Crippen LogP contribution in [0.1, 0.15) is 44.6 Å². The highest BCUT2D eigenvalue weighted by Crippen LogP contribution is 2.34. The molecule has 0 radical (unpaired) electrons. The van der Waals surface area contributed by atoms with Gasteiger partial charge in [0.15, 0.2) is 6.29 Å². The average Bonchev–Trinajstić information content (AvgIpc) is 3.67. The number of rotatable bonds is 8. The number of fused-ring (bicyclic) bond motifs is 2. The number of carbonyl (C=O) groups is 1. The summed E-state index contributed by atoms with van der Waals surface area (Å²) in [6, 6.07) is 13.2. The molecule has 11 nitrogen and oxygen atoms in total. The number of carbonyl (C=O) groups excluding carboxylic acids is 1. The van der Waals surface area contributed by atoms with Crippen molar-refractivity contribution in [2.24, 2.45) is 11.8 Å². The standard InChI is InChI=1S/C34H46N2O9S/c1-24-11-7-4-3-5-10-17-42-30-20-26(41-2)14-15-32(30)46(39,40)36(21-24)22-29(37)28(19-25-12-8-6-9-13-25)35-34(38)45-31-23-44-33-27(31)16-18-43-33/h3-4,6,8-9,12-15,20,24,27-29,31,33,37H,5,7,10-11,16-19,21-23H2,1-2H3,(H,35,38)/b4-3+/t24-,27+,28+,29-,31+,33-/m1/s1. The van der Waals surface area contributed by atoms with Gasteiger partial charge in [0.1, 0.15) is 22.5 Å². The second kappa shape index (κ2) is 16.1. The molecule has 0 bridgehead atoms. The number of benzene rings is 2. The molecule has 3 heterocycles. The molecule has 3 aliphatic heterocycles. The number of nitrogens with one attached hydrogen (secondary N) is 1. The molecule has 1 amide bonds. The number of ether oxygens (including phenoxy) is 5. The van der Waals surface area contributed by atoms with Gasteiger partial charge >= 0.3 is 6.09 Å². The first-order chi connectivity index (χ1) is 22.2. The molecule has 0 spiro atoms. The Bertz CT molecular complexity index is 1420. The maximum absolute atomic E-state index is 14.4. The van der Waals surface area contributed by atoms with Crippen LogP contribution in [0.3, 0.4) is 0 Å². The molecule has 2 aromatic rings. The van der Waals surface area contributed by atoms with Gasteiger partial charge in [-0.25, -0.2) is 13.2 Å². The van der Waals surface area contributed by atoms with Crippen molar-refractivity contribution in [3.8, 4) is 11.5 Å². The molecule has 6 atom stereocenters. The molecule has 0 saturated carbocycles. The van der Waals surface area contributed by atoms with Crippen LogP contribution in [0.25, 0.3) is 0 Å². The molecule has 46 heavy (non-hydrogen) atoms. The third-order valence-electron chi connectivity index (χ3n) is 8.75. The molecule has 5 rings (SSSR count). The summed E-state index contributed by atoms with van der Waals surface area (Å²) in [4.78, 5) is 13.2. The van der Waals surface area contributed by atoms with E-state index in [0.29, 0.717) is 19.0 Å². The van der Waals surface area contributed by atoms with Crippen LogP contribution in [0.2, 0.25) is 0 Å². The number of methoxy groups -OCH3 is 1. The first kappa shape index (κ1) is 34.2. The van der Waals surface area contributed by atoms with Crippen LogP contribution >= 0.6 is 0 Å². The van der Waals surface area contributed by atoms with Crippen LogP contribution in [0, 0.1) is 11.8 Å². The minimum Gasteiger partial charge on any atom is -0.497 e. The van der Waals surface area contributed by atoms with Crippen molar-refractivity contribution >= 4 is 16.1 Å². The summed E-state index contributed by atoms with van der Waals surface area (Å²) < 4.78 is 58.3. The van der Waals surface area contributed by atoms with Gasteiger partial charge in [-0.05, 0) is 62.1 Å². The van der Waals surface area contributed by atoms with E-state index in [0.717, 1.165) is 37.7 Å². The third kappa shape index (κ3) is 8.80. The molecule has 12 heteroatoms. The van der Waals surface area contributed by atoms with Crippen molar-refractivity contribution < 1.29 is 42.0 Å². The monoisotopic (exact) mass is 658 g/mol. The Labute approximate surface area is 271 Å². The highest BCUT2D eigenvalue weighted by Gasteiger charge is 2.44. The van der Waals surface area contributed by atoms with Crippen molar-refractivity contribution in [3.05, 3.63) is 66.2 Å². The number of sulfonamides is 1. The number of hydrogen-bond donors (Lipinski definition) is 2. The van der Waals surface area contributed by atoms with Gasteiger partial charge in [0, 0.05) is 19.2 Å². The van der Waals surface area contributed by atoms with Gasteiger partial charge in [-0.2, -0.15) is 4.31 Å². The molecule has 2 N–H and O–H groups in total. The normalized spacial score (nSPS) is 27.2. The maximum Gasteiger partial charge on any atom is 0.407 e. The topological polar surface area (TPSA) is 133 Å². The van der Waals surface area contributed by atoms with Crippen LogP contribution in [0.4, 0.5) is 4.79 Å². The lowest BCUT2D eigenvalue weighted by Crippen LogP contribution is -2.51. The molecule has 0 aliphatic carbocycles. The Morgan fingerprint density at radius 2 is 1.89 bits per heavy atom. The van der Waals surface area contributed by atoms with Crippen molar-refractivity contribution in [1.82, 2.24) is 9.62 Å². The van der Waals surface area contributed by atoms with Gasteiger partial charge in [-0.3, -0.25) is 0 Å². The summed E-state index contributed by atoms with van der Waals surface area (Å²) in [7, 11) is -2.63. The fraction of sp³-hybridized carbons (Fsp3) is 0.559. The minimum atomic E-state index is -4.15.